The number of hydrogen-bond acceptors (Lipinski definition) is 5. The molecule has 2 aromatic carbocycles. The number of nitrogens with zero attached hydrogens (tertiary/aromatic N) is 3. The topological polar surface area (TPSA) is 45.7 Å². The average molecular weight is 396 g/mol. The van der Waals surface area contributed by atoms with Crippen LogP contribution in [-0.4, -0.2) is 53.5 Å². The number of ether oxygens (including phenoxy) is 1. The van der Waals surface area contributed by atoms with E-state index in [0.29, 0.717) is 0 Å². The van der Waals surface area contributed by atoms with Crippen LogP contribution in [0.3, 0.4) is 0 Å². The van der Waals surface area contributed by atoms with E-state index in [2.05, 4.69) is 27.4 Å². The van der Waals surface area contributed by atoms with Gasteiger partial charge in [-0.25, -0.2) is 4.98 Å². The lowest BCUT2D eigenvalue weighted by molar-refractivity contribution is -0.133. The Morgan fingerprint density at radius 3 is 2.82 bits per heavy atom. The van der Waals surface area contributed by atoms with Crippen molar-refractivity contribution in [3.05, 3.63) is 58.5 Å². The van der Waals surface area contributed by atoms with Gasteiger partial charge in [0.15, 0.2) is 6.61 Å². The van der Waals surface area contributed by atoms with Gasteiger partial charge in [0.2, 0.25) is 0 Å². The molecule has 0 bridgehead atoms. The highest BCUT2D eigenvalue weighted by molar-refractivity contribution is 7.09. The van der Waals surface area contributed by atoms with Crippen molar-refractivity contribution in [3.8, 4) is 5.75 Å². The molecule has 1 aliphatic heterocycles. The van der Waals surface area contributed by atoms with Crippen LogP contribution >= 0.6 is 11.3 Å². The Labute approximate surface area is 169 Å². The largest absolute Gasteiger partial charge is 0.483 e. The van der Waals surface area contributed by atoms with Crippen molar-refractivity contribution in [1.82, 2.24) is 14.8 Å². The zero-order valence-electron chi connectivity index (χ0n) is 16.1. The maximum absolute atomic E-state index is 12.7. The van der Waals surface area contributed by atoms with E-state index in [9.17, 15) is 4.79 Å². The molecule has 2 heterocycles. The third-order valence-corrected chi connectivity index (χ3v) is 5.92. The van der Waals surface area contributed by atoms with Crippen molar-refractivity contribution in [3.63, 3.8) is 0 Å². The Hall–Kier alpha value is -2.44. The Morgan fingerprint density at radius 1 is 1.11 bits per heavy atom. The summed E-state index contributed by atoms with van der Waals surface area (Å²) >= 11 is 1.69. The van der Waals surface area contributed by atoms with Gasteiger partial charge in [0, 0.05) is 43.5 Å². The van der Waals surface area contributed by atoms with E-state index in [1.54, 1.807) is 11.3 Å². The molecule has 0 N–H and O–H groups in total. The van der Waals surface area contributed by atoms with Crippen molar-refractivity contribution in [1.29, 1.82) is 0 Å². The van der Waals surface area contributed by atoms with Crippen LogP contribution in [0.25, 0.3) is 10.8 Å². The summed E-state index contributed by atoms with van der Waals surface area (Å²) in [6.45, 7) is 6.36. The number of benzene rings is 2. The minimum Gasteiger partial charge on any atom is -0.483 e. The van der Waals surface area contributed by atoms with Crippen LogP contribution < -0.4 is 4.74 Å². The first kappa shape index (κ1) is 18.9. The molecular formula is C22H25N3O2S. The molecule has 28 heavy (non-hydrogen) atoms. The molecule has 0 aliphatic carbocycles. The first-order valence-corrected chi connectivity index (χ1v) is 10.6. The second-order valence-corrected chi connectivity index (χ2v) is 8.20. The SMILES string of the molecule is Cc1nc(CN2CCCN(C(=O)COc3cccc4ccccc34)CC2)cs1. The summed E-state index contributed by atoms with van der Waals surface area (Å²) in [6.07, 6.45) is 0.975. The van der Waals surface area contributed by atoms with E-state index >= 15 is 0 Å². The van der Waals surface area contributed by atoms with Crippen molar-refractivity contribution in [2.24, 2.45) is 0 Å². The number of carbonyl (C=O) groups is 1. The molecule has 6 heteroatoms. The van der Waals surface area contributed by atoms with Crippen molar-refractivity contribution in [2.45, 2.75) is 19.9 Å². The van der Waals surface area contributed by atoms with E-state index in [1.807, 2.05) is 42.2 Å². The van der Waals surface area contributed by atoms with Crippen LogP contribution in [0.5, 0.6) is 5.75 Å². The summed E-state index contributed by atoms with van der Waals surface area (Å²) < 4.78 is 5.89. The molecule has 0 radical (unpaired) electrons. The predicted octanol–water partition coefficient (Wildman–Crippen LogP) is 3.72. The summed E-state index contributed by atoms with van der Waals surface area (Å²) in [7, 11) is 0. The van der Waals surface area contributed by atoms with Gasteiger partial charge in [-0.1, -0.05) is 36.4 Å². The lowest BCUT2D eigenvalue weighted by Crippen LogP contribution is -2.38. The second kappa shape index (κ2) is 8.71. The quantitative estimate of drug-likeness (QED) is 0.661. The van der Waals surface area contributed by atoms with Gasteiger partial charge in [0.1, 0.15) is 5.75 Å². The predicted molar refractivity (Wildman–Crippen MR) is 113 cm³/mol. The number of thiazole rings is 1. The number of amides is 1. The molecule has 0 unspecified atom stereocenters. The van der Waals surface area contributed by atoms with Gasteiger partial charge < -0.3 is 9.64 Å². The number of aryl methyl sites for hydroxylation is 1. The van der Waals surface area contributed by atoms with Crippen LogP contribution in [-0.2, 0) is 11.3 Å². The molecule has 5 nitrogen and oxygen atoms in total. The summed E-state index contributed by atoms with van der Waals surface area (Å²) in [4.78, 5) is 21.6. The molecule has 0 saturated carbocycles. The molecular weight excluding hydrogens is 370 g/mol. The number of hydrogen-bond donors (Lipinski definition) is 0. The molecule has 1 aromatic heterocycles. The Kier molecular flexibility index (Phi) is 5.88. The second-order valence-electron chi connectivity index (χ2n) is 7.13. The molecule has 0 spiro atoms. The molecule has 4 rings (SSSR count). The Morgan fingerprint density at radius 2 is 1.96 bits per heavy atom. The van der Waals surface area contributed by atoms with E-state index < -0.39 is 0 Å². The molecule has 146 valence electrons. The number of carbonyl (C=O) groups excluding carboxylic acids is 1. The van der Waals surface area contributed by atoms with Crippen LogP contribution in [0.15, 0.2) is 47.8 Å². The zero-order chi connectivity index (χ0) is 19.3. The molecule has 1 aliphatic rings. The number of aromatic nitrogens is 1. The fourth-order valence-corrected chi connectivity index (χ4v) is 4.24. The summed E-state index contributed by atoms with van der Waals surface area (Å²) in [6, 6.07) is 14.0. The maximum atomic E-state index is 12.7. The first-order valence-electron chi connectivity index (χ1n) is 9.71. The van der Waals surface area contributed by atoms with Crippen LogP contribution in [0.1, 0.15) is 17.1 Å². The van der Waals surface area contributed by atoms with Gasteiger partial charge in [0.05, 0.1) is 10.7 Å². The highest BCUT2D eigenvalue weighted by Gasteiger charge is 2.20. The summed E-state index contributed by atoms with van der Waals surface area (Å²) in [5.74, 6) is 0.820. The number of fused-ring (bicyclic) bond motifs is 1. The maximum Gasteiger partial charge on any atom is 0.260 e. The monoisotopic (exact) mass is 395 g/mol. The van der Waals surface area contributed by atoms with Crippen molar-refractivity contribution >= 4 is 28.0 Å². The van der Waals surface area contributed by atoms with E-state index in [-0.39, 0.29) is 12.5 Å². The standard InChI is InChI=1S/C22H25N3O2S/c1-17-23-19(16-28-17)14-24-10-5-11-25(13-12-24)22(26)15-27-21-9-4-7-18-6-2-3-8-20(18)21/h2-4,6-9,16H,5,10-15H2,1H3. The lowest BCUT2D eigenvalue weighted by atomic mass is 10.1. The molecule has 1 amide bonds. The van der Waals surface area contributed by atoms with E-state index in [0.717, 1.165) is 66.4 Å². The molecule has 3 aromatic rings. The minimum atomic E-state index is 0.0549. The van der Waals surface area contributed by atoms with Gasteiger partial charge in [-0.3, -0.25) is 9.69 Å². The third kappa shape index (κ3) is 4.51. The molecule has 0 atom stereocenters. The van der Waals surface area contributed by atoms with Crippen LogP contribution in [0.4, 0.5) is 0 Å². The van der Waals surface area contributed by atoms with Gasteiger partial charge in [-0.05, 0) is 24.8 Å². The van der Waals surface area contributed by atoms with E-state index in [4.69, 9.17) is 4.74 Å². The Bertz CT molecular complexity index is 950. The van der Waals surface area contributed by atoms with Gasteiger partial charge >= 0.3 is 0 Å². The van der Waals surface area contributed by atoms with Crippen LogP contribution in [0, 0.1) is 6.92 Å². The summed E-state index contributed by atoms with van der Waals surface area (Å²) in [5.41, 5.74) is 1.13. The fourth-order valence-electron chi connectivity index (χ4n) is 3.64. The normalized spacial score (nSPS) is 15.5. The average Bonchev–Trinajstić information content (AvgIpc) is 2.98. The smallest absolute Gasteiger partial charge is 0.260 e. The van der Waals surface area contributed by atoms with Gasteiger partial charge in [-0.2, -0.15) is 0 Å². The minimum absolute atomic E-state index is 0.0549. The van der Waals surface area contributed by atoms with Crippen molar-refractivity contribution in [2.75, 3.05) is 32.8 Å². The highest BCUT2D eigenvalue weighted by Crippen LogP contribution is 2.25. The zero-order valence-corrected chi connectivity index (χ0v) is 17.0. The Balaban J connectivity index is 1.32. The lowest BCUT2D eigenvalue weighted by Gasteiger charge is -2.22. The highest BCUT2D eigenvalue weighted by atomic mass is 32.1. The summed E-state index contributed by atoms with van der Waals surface area (Å²) in [5, 5.41) is 5.39. The van der Waals surface area contributed by atoms with Crippen molar-refractivity contribution < 1.29 is 9.53 Å². The molecule has 1 fully saturated rings. The van der Waals surface area contributed by atoms with Crippen LogP contribution in [0.2, 0.25) is 0 Å². The van der Waals surface area contributed by atoms with Gasteiger partial charge in [0.25, 0.3) is 5.91 Å². The van der Waals surface area contributed by atoms with E-state index in [1.165, 1.54) is 0 Å². The van der Waals surface area contributed by atoms with Gasteiger partial charge in [-0.15, -0.1) is 11.3 Å². The third-order valence-electron chi connectivity index (χ3n) is 5.09. The number of rotatable bonds is 5. The first-order chi connectivity index (χ1) is 13.7. The molecule has 1 saturated heterocycles. The fraction of sp³-hybridized carbons (Fsp3) is 0.364.